The van der Waals surface area contributed by atoms with Gasteiger partial charge in [-0.25, -0.2) is 0 Å². The van der Waals surface area contributed by atoms with Gasteiger partial charge in [-0.2, -0.15) is 0 Å². The van der Waals surface area contributed by atoms with Crippen LogP contribution in [-0.4, -0.2) is 53.7 Å². The van der Waals surface area contributed by atoms with E-state index in [-0.39, 0.29) is 17.3 Å². The first-order chi connectivity index (χ1) is 17.5. The number of rotatable bonds is 12. The van der Waals surface area contributed by atoms with Crippen molar-refractivity contribution in [3.8, 4) is 27.7 Å². The average molecular weight is 505 g/mol. The smallest absolute Gasteiger partial charge is 0.195 e. The van der Waals surface area contributed by atoms with Crippen molar-refractivity contribution >= 4 is 27.2 Å². The van der Waals surface area contributed by atoms with Gasteiger partial charge in [-0.3, -0.25) is 4.79 Å². The molecular weight excluding hydrogens is 472 g/mol. The number of hydrogen-bond donors (Lipinski definition) is 3. The molecule has 0 atom stereocenters. The minimum Gasteiger partial charge on any atom is -0.508 e. The lowest BCUT2D eigenvalue weighted by Gasteiger charge is -2.20. The summed E-state index contributed by atoms with van der Waals surface area (Å²) in [6.07, 6.45) is 2.12. The molecule has 0 bridgehead atoms. The maximum Gasteiger partial charge on any atom is 0.195 e. The number of aromatic hydroxyl groups is 2. The number of thiophene rings is 1. The van der Waals surface area contributed by atoms with E-state index in [2.05, 4.69) is 11.8 Å². The first kappa shape index (κ1) is 25.7. The first-order valence-corrected chi connectivity index (χ1v) is 13.1. The molecule has 3 aromatic carbocycles. The highest BCUT2D eigenvalue weighted by Crippen LogP contribution is 2.41. The molecule has 0 amide bonds. The molecule has 188 valence electrons. The molecule has 1 heterocycles. The average Bonchev–Trinajstić information content (AvgIpc) is 3.26. The first-order valence-electron chi connectivity index (χ1n) is 12.2. The van der Waals surface area contributed by atoms with Crippen LogP contribution < -0.4 is 10.5 Å². The molecule has 4 N–H and O–H groups in total. The number of ketones is 1. The van der Waals surface area contributed by atoms with Crippen LogP contribution in [-0.2, 0) is 0 Å². The summed E-state index contributed by atoms with van der Waals surface area (Å²) in [5.41, 5.74) is 7.57. The van der Waals surface area contributed by atoms with E-state index in [4.69, 9.17) is 10.5 Å². The van der Waals surface area contributed by atoms with Gasteiger partial charge in [-0.1, -0.05) is 6.92 Å². The minimum atomic E-state index is -0.0985. The van der Waals surface area contributed by atoms with E-state index in [0.29, 0.717) is 17.7 Å². The number of ether oxygens (including phenoxy) is 1. The summed E-state index contributed by atoms with van der Waals surface area (Å²) in [5.74, 6) is 0.947. The number of nitrogens with zero attached hydrogens (tertiary/aromatic N) is 1. The fraction of sp³-hybridized carbons (Fsp3) is 0.276. The molecule has 0 spiro atoms. The molecule has 0 aliphatic heterocycles. The van der Waals surface area contributed by atoms with E-state index < -0.39 is 0 Å². The van der Waals surface area contributed by atoms with Gasteiger partial charge in [-0.15, -0.1) is 11.3 Å². The Bertz CT molecular complexity index is 1300. The molecule has 36 heavy (non-hydrogen) atoms. The number of phenols is 2. The lowest BCUT2D eigenvalue weighted by Crippen LogP contribution is -2.29. The predicted molar refractivity (Wildman–Crippen MR) is 146 cm³/mol. The molecule has 0 saturated heterocycles. The van der Waals surface area contributed by atoms with Crippen LogP contribution in [0.3, 0.4) is 0 Å². The number of hydrogen-bond acceptors (Lipinski definition) is 7. The van der Waals surface area contributed by atoms with Crippen molar-refractivity contribution in [3.63, 3.8) is 0 Å². The molecule has 7 heteroatoms. The molecule has 6 nitrogen and oxygen atoms in total. The topological polar surface area (TPSA) is 96.0 Å². The molecule has 4 rings (SSSR count). The second-order valence-corrected chi connectivity index (χ2v) is 9.72. The normalized spacial score (nSPS) is 11.3. The van der Waals surface area contributed by atoms with E-state index in [9.17, 15) is 15.0 Å². The van der Waals surface area contributed by atoms with E-state index in [1.54, 1.807) is 54.6 Å². The van der Waals surface area contributed by atoms with E-state index in [1.165, 1.54) is 11.3 Å². The summed E-state index contributed by atoms with van der Waals surface area (Å²) in [5, 5.41) is 20.5. The number of carbonyl (C=O) groups excluding carboxylic acids is 1. The van der Waals surface area contributed by atoms with Gasteiger partial charge < -0.3 is 25.6 Å². The summed E-state index contributed by atoms with van der Waals surface area (Å²) < 4.78 is 6.76. The van der Waals surface area contributed by atoms with Crippen LogP contribution in [0.1, 0.15) is 35.7 Å². The quantitative estimate of drug-likeness (QED) is 0.170. The Morgan fingerprint density at radius 3 is 2.36 bits per heavy atom. The summed E-state index contributed by atoms with van der Waals surface area (Å²) in [6.45, 7) is 6.26. The molecule has 0 aliphatic rings. The maximum absolute atomic E-state index is 13.7. The fourth-order valence-electron chi connectivity index (χ4n) is 4.17. The molecule has 1 aromatic heterocycles. The van der Waals surface area contributed by atoms with Gasteiger partial charge in [-0.05, 0) is 105 Å². The second-order valence-electron chi connectivity index (χ2n) is 8.67. The zero-order chi connectivity index (χ0) is 25.5. The monoisotopic (exact) mass is 504 g/mol. The Morgan fingerprint density at radius 1 is 0.944 bits per heavy atom. The number of benzene rings is 3. The molecule has 0 saturated carbocycles. The zero-order valence-corrected chi connectivity index (χ0v) is 21.3. The second kappa shape index (κ2) is 12.0. The van der Waals surface area contributed by atoms with Gasteiger partial charge in [0.15, 0.2) is 5.78 Å². The summed E-state index contributed by atoms with van der Waals surface area (Å²) >= 11 is 1.45. The van der Waals surface area contributed by atoms with E-state index >= 15 is 0 Å². The van der Waals surface area contributed by atoms with E-state index in [0.717, 1.165) is 65.3 Å². The highest BCUT2D eigenvalue weighted by molar-refractivity contribution is 7.22. The van der Waals surface area contributed by atoms with Crippen LogP contribution in [0.25, 0.3) is 20.5 Å². The van der Waals surface area contributed by atoms with E-state index in [1.807, 2.05) is 12.1 Å². The van der Waals surface area contributed by atoms with Crippen molar-refractivity contribution in [1.29, 1.82) is 0 Å². The van der Waals surface area contributed by atoms with Gasteiger partial charge >= 0.3 is 0 Å². The minimum absolute atomic E-state index is 0.0985. The number of fused-ring (bicyclic) bond motifs is 1. The number of nitrogens with two attached hydrogens (primary N) is 1. The maximum atomic E-state index is 13.7. The van der Waals surface area contributed by atoms with Gasteiger partial charge in [0, 0.05) is 32.6 Å². The highest BCUT2D eigenvalue weighted by Gasteiger charge is 2.22. The third-order valence-electron chi connectivity index (χ3n) is 6.20. The Morgan fingerprint density at radius 2 is 1.67 bits per heavy atom. The zero-order valence-electron chi connectivity index (χ0n) is 20.4. The molecule has 0 fully saturated rings. The lowest BCUT2D eigenvalue weighted by molar-refractivity contribution is 0.104. The van der Waals surface area contributed by atoms with Crippen molar-refractivity contribution in [3.05, 3.63) is 77.9 Å². The van der Waals surface area contributed by atoms with Crippen molar-refractivity contribution < 1.29 is 19.7 Å². The largest absolute Gasteiger partial charge is 0.508 e. The SMILES string of the molecule is CCN(CCCCN)CCOc1ccc(C(=O)c2c(-c3ccc(O)cc3)sc3cc(O)ccc23)cc1. The number of phenolic OH excluding ortho intramolecular Hbond substituents is 2. The van der Waals surface area contributed by atoms with Gasteiger partial charge in [0.05, 0.1) is 0 Å². The Balaban J connectivity index is 1.52. The summed E-state index contributed by atoms with van der Waals surface area (Å²) in [7, 11) is 0. The van der Waals surface area contributed by atoms with Crippen LogP contribution in [0.4, 0.5) is 0 Å². The number of unbranched alkanes of at least 4 members (excludes halogenated alkanes) is 1. The third kappa shape index (κ3) is 6.05. The van der Waals surface area contributed by atoms with Crippen LogP contribution >= 0.6 is 11.3 Å². The van der Waals surface area contributed by atoms with Crippen LogP contribution in [0.5, 0.6) is 17.2 Å². The van der Waals surface area contributed by atoms with Gasteiger partial charge in [0.25, 0.3) is 0 Å². The van der Waals surface area contributed by atoms with Gasteiger partial charge in [0.2, 0.25) is 0 Å². The summed E-state index contributed by atoms with van der Waals surface area (Å²) in [4.78, 5) is 16.8. The number of carbonyl (C=O) groups is 1. The highest BCUT2D eigenvalue weighted by atomic mass is 32.1. The molecule has 0 aliphatic carbocycles. The fourth-order valence-corrected chi connectivity index (χ4v) is 5.41. The summed E-state index contributed by atoms with van der Waals surface area (Å²) in [6, 6.07) is 19.1. The molecule has 0 radical (unpaired) electrons. The van der Waals surface area contributed by atoms with Crippen molar-refractivity contribution in [2.75, 3.05) is 32.8 Å². The Hall–Kier alpha value is -3.39. The van der Waals surface area contributed by atoms with Crippen molar-refractivity contribution in [2.45, 2.75) is 19.8 Å². The van der Waals surface area contributed by atoms with Crippen LogP contribution in [0, 0.1) is 0 Å². The molecule has 4 aromatic rings. The standard InChI is InChI=1S/C29H32N2O4S/c1-2-31(16-4-3-15-30)17-18-35-24-12-7-20(8-13-24)28(34)27-25-14-11-23(33)19-26(25)36-29(27)21-5-9-22(32)10-6-21/h5-14,19,32-33H,2-4,15-18,30H2,1H3. The predicted octanol–water partition coefficient (Wildman–Crippen LogP) is 5.65. The molecular formula is C29H32N2O4S. The third-order valence-corrected chi connectivity index (χ3v) is 7.40. The Kier molecular flexibility index (Phi) is 8.59. The van der Waals surface area contributed by atoms with Crippen LogP contribution in [0.2, 0.25) is 0 Å². The Labute approximate surface area is 215 Å². The molecule has 0 unspecified atom stereocenters. The van der Waals surface area contributed by atoms with Crippen molar-refractivity contribution in [2.24, 2.45) is 5.73 Å². The van der Waals surface area contributed by atoms with Gasteiger partial charge in [0.1, 0.15) is 23.9 Å². The van der Waals surface area contributed by atoms with Crippen molar-refractivity contribution in [1.82, 2.24) is 4.90 Å². The number of likely N-dealkylation sites (N-methyl/N-ethyl adjacent to an activating group) is 1. The lowest BCUT2D eigenvalue weighted by atomic mass is 9.97. The van der Waals surface area contributed by atoms with Crippen LogP contribution in [0.15, 0.2) is 66.7 Å².